The molecule has 3 rings (SSSR count). The Labute approximate surface area is 184 Å². The van der Waals surface area contributed by atoms with E-state index in [4.69, 9.17) is 4.74 Å². The SMILES string of the molecule is CCN(CC)C(=O)CN1CCN(C(=O)CCCOc2ccc3c(c2)CCC(=O)N3)CC1. The number of benzene rings is 1. The normalized spacial score (nSPS) is 16.5. The van der Waals surface area contributed by atoms with Crippen LogP contribution in [0.3, 0.4) is 0 Å². The molecule has 1 aromatic rings. The summed E-state index contributed by atoms with van der Waals surface area (Å²) in [5, 5.41) is 2.86. The predicted molar refractivity (Wildman–Crippen MR) is 119 cm³/mol. The van der Waals surface area contributed by atoms with Crippen LogP contribution in [0.4, 0.5) is 5.69 Å². The first-order valence-electron chi connectivity index (χ1n) is 11.3. The highest BCUT2D eigenvalue weighted by molar-refractivity contribution is 5.94. The van der Waals surface area contributed by atoms with E-state index < -0.39 is 0 Å². The van der Waals surface area contributed by atoms with Gasteiger partial charge < -0.3 is 19.9 Å². The lowest BCUT2D eigenvalue weighted by Gasteiger charge is -2.35. The number of piperazine rings is 1. The van der Waals surface area contributed by atoms with Crippen LogP contribution in [0.25, 0.3) is 0 Å². The standard InChI is InChI=1S/C23H34N4O4/c1-3-26(4-2)23(30)17-25-11-13-27(14-12-25)22(29)6-5-15-31-19-8-9-20-18(16-19)7-10-21(28)24-20/h8-9,16H,3-7,10-15,17H2,1-2H3,(H,24,28). The lowest BCUT2D eigenvalue weighted by molar-refractivity contribution is -0.135. The molecule has 170 valence electrons. The van der Waals surface area contributed by atoms with E-state index in [1.165, 1.54) is 0 Å². The van der Waals surface area contributed by atoms with Gasteiger partial charge in [0.25, 0.3) is 0 Å². The number of carbonyl (C=O) groups is 3. The van der Waals surface area contributed by atoms with Gasteiger partial charge in [-0.2, -0.15) is 0 Å². The summed E-state index contributed by atoms with van der Waals surface area (Å²) in [5.74, 6) is 1.13. The Morgan fingerprint density at radius 2 is 1.84 bits per heavy atom. The van der Waals surface area contributed by atoms with Gasteiger partial charge in [0.1, 0.15) is 5.75 Å². The molecule has 0 bridgehead atoms. The number of anilines is 1. The highest BCUT2D eigenvalue weighted by Crippen LogP contribution is 2.26. The third-order valence-electron chi connectivity index (χ3n) is 5.98. The van der Waals surface area contributed by atoms with Crippen LogP contribution in [0.2, 0.25) is 0 Å². The molecule has 1 N–H and O–H groups in total. The summed E-state index contributed by atoms with van der Waals surface area (Å²) in [6, 6.07) is 5.69. The first-order chi connectivity index (χ1) is 15.0. The number of aryl methyl sites for hydroxylation is 1. The Hall–Kier alpha value is -2.61. The van der Waals surface area contributed by atoms with Gasteiger partial charge in [0.2, 0.25) is 17.7 Å². The molecule has 8 heteroatoms. The second-order valence-electron chi connectivity index (χ2n) is 8.04. The minimum absolute atomic E-state index is 0.0519. The number of hydrogen-bond donors (Lipinski definition) is 1. The Balaban J connectivity index is 1.34. The summed E-state index contributed by atoms with van der Waals surface area (Å²) < 4.78 is 5.81. The molecule has 1 fully saturated rings. The van der Waals surface area contributed by atoms with Crippen LogP contribution in [0.5, 0.6) is 5.75 Å². The lowest BCUT2D eigenvalue weighted by atomic mass is 10.0. The van der Waals surface area contributed by atoms with Crippen molar-refractivity contribution in [1.29, 1.82) is 0 Å². The van der Waals surface area contributed by atoms with Crippen LogP contribution in [0.15, 0.2) is 18.2 Å². The van der Waals surface area contributed by atoms with E-state index in [1.54, 1.807) is 0 Å². The second-order valence-corrected chi connectivity index (χ2v) is 8.04. The number of ether oxygens (including phenoxy) is 1. The fraction of sp³-hybridized carbons (Fsp3) is 0.609. The molecule has 2 heterocycles. The average Bonchev–Trinajstić information content (AvgIpc) is 2.78. The number of amides is 3. The van der Waals surface area contributed by atoms with Gasteiger partial charge >= 0.3 is 0 Å². The van der Waals surface area contributed by atoms with Gasteiger partial charge in [0.05, 0.1) is 13.2 Å². The molecule has 1 aromatic carbocycles. The van der Waals surface area contributed by atoms with Gasteiger partial charge in [-0.15, -0.1) is 0 Å². The molecule has 8 nitrogen and oxygen atoms in total. The van der Waals surface area contributed by atoms with Crippen molar-refractivity contribution >= 4 is 23.4 Å². The maximum absolute atomic E-state index is 12.5. The number of nitrogens with one attached hydrogen (secondary N) is 1. The fourth-order valence-corrected chi connectivity index (χ4v) is 4.04. The van der Waals surface area contributed by atoms with Gasteiger partial charge in [-0.25, -0.2) is 0 Å². The summed E-state index contributed by atoms with van der Waals surface area (Å²) >= 11 is 0. The van der Waals surface area contributed by atoms with E-state index in [0.29, 0.717) is 45.5 Å². The first kappa shape index (κ1) is 23.1. The highest BCUT2D eigenvalue weighted by atomic mass is 16.5. The molecule has 2 aliphatic heterocycles. The minimum Gasteiger partial charge on any atom is -0.494 e. The van der Waals surface area contributed by atoms with E-state index in [9.17, 15) is 14.4 Å². The van der Waals surface area contributed by atoms with Crippen molar-refractivity contribution in [2.24, 2.45) is 0 Å². The van der Waals surface area contributed by atoms with E-state index in [0.717, 1.165) is 49.6 Å². The first-order valence-corrected chi connectivity index (χ1v) is 11.3. The summed E-state index contributed by atoms with van der Waals surface area (Å²) in [6.07, 6.45) is 2.35. The molecule has 0 aliphatic carbocycles. The topological polar surface area (TPSA) is 82.2 Å². The van der Waals surface area contributed by atoms with Crippen molar-refractivity contribution in [3.05, 3.63) is 23.8 Å². The van der Waals surface area contributed by atoms with E-state index >= 15 is 0 Å². The maximum Gasteiger partial charge on any atom is 0.236 e. The quantitative estimate of drug-likeness (QED) is 0.604. The maximum atomic E-state index is 12.5. The smallest absolute Gasteiger partial charge is 0.236 e. The largest absolute Gasteiger partial charge is 0.494 e. The van der Waals surface area contributed by atoms with Crippen molar-refractivity contribution in [3.63, 3.8) is 0 Å². The Kier molecular flexibility index (Phi) is 8.28. The molecule has 0 unspecified atom stereocenters. The van der Waals surface area contributed by atoms with Gasteiger partial charge in [-0.05, 0) is 50.5 Å². The van der Waals surface area contributed by atoms with Gasteiger partial charge in [0.15, 0.2) is 0 Å². The monoisotopic (exact) mass is 430 g/mol. The number of fused-ring (bicyclic) bond motifs is 1. The fourth-order valence-electron chi connectivity index (χ4n) is 4.04. The van der Waals surface area contributed by atoms with Crippen LogP contribution in [0.1, 0.15) is 38.7 Å². The minimum atomic E-state index is 0.0519. The molecule has 0 saturated carbocycles. The molecule has 0 spiro atoms. The van der Waals surface area contributed by atoms with Crippen molar-refractivity contribution in [1.82, 2.24) is 14.7 Å². The zero-order chi connectivity index (χ0) is 22.2. The third kappa shape index (κ3) is 6.43. The van der Waals surface area contributed by atoms with Crippen LogP contribution < -0.4 is 10.1 Å². The summed E-state index contributed by atoms with van der Waals surface area (Å²) in [5.41, 5.74) is 1.95. The third-order valence-corrected chi connectivity index (χ3v) is 5.98. The molecular weight excluding hydrogens is 396 g/mol. The Morgan fingerprint density at radius 3 is 2.55 bits per heavy atom. The van der Waals surface area contributed by atoms with Crippen LogP contribution >= 0.6 is 0 Å². The number of carbonyl (C=O) groups excluding carboxylic acids is 3. The molecule has 1 saturated heterocycles. The average molecular weight is 431 g/mol. The highest BCUT2D eigenvalue weighted by Gasteiger charge is 2.23. The van der Waals surface area contributed by atoms with Crippen molar-refractivity contribution in [3.8, 4) is 5.75 Å². The second kappa shape index (κ2) is 11.1. The van der Waals surface area contributed by atoms with Crippen LogP contribution in [-0.2, 0) is 20.8 Å². The van der Waals surface area contributed by atoms with Crippen molar-refractivity contribution in [2.45, 2.75) is 39.5 Å². The van der Waals surface area contributed by atoms with E-state index in [-0.39, 0.29) is 17.7 Å². The molecule has 0 radical (unpaired) electrons. The van der Waals surface area contributed by atoms with Crippen molar-refractivity contribution in [2.75, 3.05) is 57.7 Å². The van der Waals surface area contributed by atoms with Crippen LogP contribution in [0, 0.1) is 0 Å². The Morgan fingerprint density at radius 1 is 1.10 bits per heavy atom. The number of nitrogens with zero attached hydrogens (tertiary/aromatic N) is 3. The lowest BCUT2D eigenvalue weighted by Crippen LogP contribution is -2.51. The number of hydrogen-bond acceptors (Lipinski definition) is 5. The summed E-state index contributed by atoms with van der Waals surface area (Å²) in [7, 11) is 0. The Bertz CT molecular complexity index is 786. The number of likely N-dealkylation sites (N-methyl/N-ethyl adjacent to an activating group) is 1. The van der Waals surface area contributed by atoms with Crippen LogP contribution in [-0.4, -0.2) is 84.8 Å². The summed E-state index contributed by atoms with van der Waals surface area (Å²) in [4.78, 5) is 42.0. The van der Waals surface area contributed by atoms with E-state index in [1.807, 2.05) is 41.8 Å². The van der Waals surface area contributed by atoms with Crippen molar-refractivity contribution < 1.29 is 19.1 Å². The molecule has 0 atom stereocenters. The molecule has 0 aromatic heterocycles. The molecular formula is C23H34N4O4. The number of rotatable bonds is 9. The molecule has 2 aliphatic rings. The summed E-state index contributed by atoms with van der Waals surface area (Å²) in [6.45, 7) is 9.18. The van der Waals surface area contributed by atoms with Gasteiger partial charge in [-0.1, -0.05) is 0 Å². The zero-order valence-corrected chi connectivity index (χ0v) is 18.7. The van der Waals surface area contributed by atoms with Gasteiger partial charge in [0, 0.05) is 57.8 Å². The van der Waals surface area contributed by atoms with Gasteiger partial charge in [-0.3, -0.25) is 19.3 Å². The predicted octanol–water partition coefficient (Wildman–Crippen LogP) is 1.74. The zero-order valence-electron chi connectivity index (χ0n) is 18.7. The molecule has 3 amide bonds. The molecule has 31 heavy (non-hydrogen) atoms. The van der Waals surface area contributed by atoms with E-state index in [2.05, 4.69) is 10.2 Å².